The van der Waals surface area contributed by atoms with Crippen molar-refractivity contribution < 1.29 is 4.84 Å². The molecule has 0 aromatic carbocycles. The molecule has 0 fully saturated rings. The third-order valence-electron chi connectivity index (χ3n) is 2.35. The van der Waals surface area contributed by atoms with Gasteiger partial charge in [0.2, 0.25) is 0 Å². The first-order valence-electron chi connectivity index (χ1n) is 6.15. The molecule has 0 rings (SSSR count). The molecule has 0 spiro atoms. The zero-order valence-corrected chi connectivity index (χ0v) is 11.6. The Morgan fingerprint density at radius 3 is 2.05 bits per heavy atom. The summed E-state index contributed by atoms with van der Waals surface area (Å²) < 4.78 is 0. The van der Waals surface area contributed by atoms with Gasteiger partial charge in [0.1, 0.15) is 6.26 Å². The van der Waals surface area contributed by atoms with Crippen LogP contribution in [0.3, 0.4) is 0 Å². The highest BCUT2D eigenvalue weighted by atomic mass is 16.7. The molecule has 0 bridgehead atoms. The largest absolute Gasteiger partial charge is 0.414 e. The molecule has 0 radical (unpaired) electrons. The van der Waals surface area contributed by atoms with Crippen LogP contribution in [0, 0.1) is 0 Å². The zero-order valence-electron chi connectivity index (χ0n) is 11.6. The molecule has 0 aromatic rings. The van der Waals surface area contributed by atoms with E-state index in [0.717, 1.165) is 18.8 Å². The maximum Gasteiger partial charge on any atom is 0.104 e. The summed E-state index contributed by atoms with van der Waals surface area (Å²) in [7, 11) is 0. The minimum Gasteiger partial charge on any atom is -0.414 e. The van der Waals surface area contributed by atoms with Crippen molar-refractivity contribution in [2.75, 3.05) is 26.2 Å². The molecule has 104 valence electrons. The number of hydrogen-bond donors (Lipinski definition) is 0. The molecule has 3 heteroatoms. The fourth-order valence-corrected chi connectivity index (χ4v) is 1.40. The van der Waals surface area contributed by atoms with Crippen molar-refractivity contribution >= 4 is 0 Å². The Hall–Kier alpha value is -2.00. The Labute approximate surface area is 117 Å². The fraction of sp³-hybridized carbons (Fsp3) is 0.250. The molecule has 0 unspecified atom stereocenters. The van der Waals surface area contributed by atoms with Crippen molar-refractivity contribution in [1.29, 1.82) is 0 Å². The molecule has 0 atom stereocenters. The number of rotatable bonds is 12. The van der Waals surface area contributed by atoms with Gasteiger partial charge in [0.15, 0.2) is 0 Å². The minimum atomic E-state index is 0.645. The topological polar surface area (TPSA) is 15.7 Å². The number of hydroxylamine groups is 2. The van der Waals surface area contributed by atoms with Crippen molar-refractivity contribution in [2.24, 2.45) is 0 Å². The normalized spacial score (nSPS) is 10.2. The summed E-state index contributed by atoms with van der Waals surface area (Å²) in [6.45, 7) is 21.4. The molecule has 0 aliphatic carbocycles. The smallest absolute Gasteiger partial charge is 0.104 e. The van der Waals surface area contributed by atoms with Gasteiger partial charge in [-0.25, -0.2) is 0 Å². The van der Waals surface area contributed by atoms with E-state index in [1.165, 1.54) is 6.26 Å². The highest BCUT2D eigenvalue weighted by Gasteiger charge is 2.01. The molecular formula is C16H24N2O. The van der Waals surface area contributed by atoms with Crippen LogP contribution >= 0.6 is 0 Å². The van der Waals surface area contributed by atoms with Crippen LogP contribution in [0.2, 0.25) is 0 Å². The van der Waals surface area contributed by atoms with Gasteiger partial charge in [0.25, 0.3) is 0 Å². The second-order valence-corrected chi connectivity index (χ2v) is 3.77. The Morgan fingerprint density at radius 1 is 0.895 bits per heavy atom. The molecular weight excluding hydrogens is 236 g/mol. The highest BCUT2D eigenvalue weighted by Crippen LogP contribution is 2.02. The van der Waals surface area contributed by atoms with Crippen molar-refractivity contribution in [3.05, 3.63) is 75.2 Å². The third kappa shape index (κ3) is 7.84. The van der Waals surface area contributed by atoms with Crippen LogP contribution in [0.15, 0.2) is 75.2 Å². The van der Waals surface area contributed by atoms with Gasteiger partial charge in [-0.1, -0.05) is 44.0 Å². The molecule has 0 saturated carbocycles. The zero-order chi connectivity index (χ0) is 14.5. The average molecular weight is 260 g/mol. The molecule has 0 saturated heterocycles. The molecule has 19 heavy (non-hydrogen) atoms. The van der Waals surface area contributed by atoms with Gasteiger partial charge in [0.05, 0.1) is 13.1 Å². The minimum absolute atomic E-state index is 0.645. The SMILES string of the molecule is C=CCN(C/C=C/CN(CC=C)C(=C)C=C)OC=C. The summed E-state index contributed by atoms with van der Waals surface area (Å²) in [5.41, 5.74) is 0.884. The van der Waals surface area contributed by atoms with Crippen LogP contribution in [0.5, 0.6) is 0 Å². The fourth-order valence-electron chi connectivity index (χ4n) is 1.40. The molecule has 3 nitrogen and oxygen atoms in total. The van der Waals surface area contributed by atoms with E-state index in [4.69, 9.17) is 4.84 Å². The Bertz CT molecular complexity index is 335. The van der Waals surface area contributed by atoms with Gasteiger partial charge < -0.3 is 9.74 Å². The summed E-state index contributed by atoms with van der Waals surface area (Å²) in [4.78, 5) is 7.29. The first-order chi connectivity index (χ1) is 9.19. The Morgan fingerprint density at radius 2 is 1.53 bits per heavy atom. The first-order valence-corrected chi connectivity index (χ1v) is 6.15. The van der Waals surface area contributed by atoms with Crippen LogP contribution in [0.4, 0.5) is 0 Å². The van der Waals surface area contributed by atoms with Gasteiger partial charge in [0, 0.05) is 18.8 Å². The van der Waals surface area contributed by atoms with Crippen LogP contribution in [-0.2, 0) is 4.84 Å². The van der Waals surface area contributed by atoms with Crippen LogP contribution < -0.4 is 0 Å². The van der Waals surface area contributed by atoms with Gasteiger partial charge in [-0.15, -0.1) is 18.2 Å². The van der Waals surface area contributed by atoms with Crippen LogP contribution in [0.1, 0.15) is 0 Å². The Kier molecular flexibility index (Phi) is 9.94. The number of nitrogens with zero attached hydrogens (tertiary/aromatic N) is 2. The second kappa shape index (κ2) is 11.1. The van der Waals surface area contributed by atoms with Crippen molar-refractivity contribution in [2.45, 2.75) is 0 Å². The Balaban J connectivity index is 4.25. The molecule has 0 aliphatic rings. The van der Waals surface area contributed by atoms with E-state index in [1.54, 1.807) is 17.2 Å². The third-order valence-corrected chi connectivity index (χ3v) is 2.35. The molecule has 0 aromatic heterocycles. The number of allylic oxidation sites excluding steroid dienone is 1. The summed E-state index contributed by atoms with van der Waals surface area (Å²) in [5, 5.41) is 1.75. The lowest BCUT2D eigenvalue weighted by Gasteiger charge is -2.21. The predicted molar refractivity (Wildman–Crippen MR) is 83.3 cm³/mol. The molecule has 0 aliphatic heterocycles. The van der Waals surface area contributed by atoms with Crippen LogP contribution in [0.25, 0.3) is 0 Å². The number of hydrogen-bond acceptors (Lipinski definition) is 3. The maximum absolute atomic E-state index is 5.22. The highest BCUT2D eigenvalue weighted by molar-refractivity contribution is 5.12. The van der Waals surface area contributed by atoms with E-state index in [-0.39, 0.29) is 0 Å². The van der Waals surface area contributed by atoms with E-state index in [0.29, 0.717) is 13.1 Å². The van der Waals surface area contributed by atoms with E-state index < -0.39 is 0 Å². The van der Waals surface area contributed by atoms with E-state index >= 15 is 0 Å². The lowest BCUT2D eigenvalue weighted by molar-refractivity contribution is -0.0827. The van der Waals surface area contributed by atoms with Gasteiger partial charge >= 0.3 is 0 Å². The first kappa shape index (κ1) is 17.0. The standard InChI is InChI=1S/C16H24N2O/c1-6-12-17(16(5)8-3)14-10-11-15-18(13-7-2)19-9-4/h6-11H,1-5,12-15H2/b11-10+. The van der Waals surface area contributed by atoms with Gasteiger partial charge in [-0.2, -0.15) is 0 Å². The molecule has 0 heterocycles. The summed E-state index contributed by atoms with van der Waals surface area (Å²) in [5.74, 6) is 0. The van der Waals surface area contributed by atoms with Crippen molar-refractivity contribution in [3.8, 4) is 0 Å². The summed E-state index contributed by atoms with van der Waals surface area (Å²) >= 11 is 0. The van der Waals surface area contributed by atoms with Gasteiger partial charge in [-0.05, 0) is 6.08 Å². The van der Waals surface area contributed by atoms with Crippen molar-refractivity contribution in [3.63, 3.8) is 0 Å². The average Bonchev–Trinajstić information content (AvgIpc) is 2.41. The maximum atomic E-state index is 5.22. The quantitative estimate of drug-likeness (QED) is 0.232. The lowest BCUT2D eigenvalue weighted by Crippen LogP contribution is -2.23. The van der Waals surface area contributed by atoms with E-state index in [1.807, 2.05) is 12.2 Å². The monoisotopic (exact) mass is 260 g/mol. The molecule has 0 N–H and O–H groups in total. The van der Waals surface area contributed by atoms with E-state index in [2.05, 4.69) is 43.9 Å². The van der Waals surface area contributed by atoms with E-state index in [9.17, 15) is 0 Å². The van der Waals surface area contributed by atoms with Gasteiger partial charge in [-0.3, -0.25) is 0 Å². The van der Waals surface area contributed by atoms with Crippen LogP contribution in [-0.4, -0.2) is 36.1 Å². The predicted octanol–water partition coefficient (Wildman–Crippen LogP) is 3.29. The summed E-state index contributed by atoms with van der Waals surface area (Å²) in [6, 6.07) is 0. The second-order valence-electron chi connectivity index (χ2n) is 3.77. The lowest BCUT2D eigenvalue weighted by atomic mass is 10.3. The van der Waals surface area contributed by atoms with Crippen molar-refractivity contribution in [1.82, 2.24) is 9.96 Å². The molecule has 0 amide bonds. The summed E-state index contributed by atoms with van der Waals surface area (Å²) in [6.07, 6.45) is 10.8.